The topological polar surface area (TPSA) is 17.8 Å². The Morgan fingerprint density at radius 1 is 1.60 bits per heavy atom. The first-order valence-corrected chi connectivity index (χ1v) is 5.19. The van der Waals surface area contributed by atoms with Gasteiger partial charge in [-0.1, -0.05) is 6.92 Å². The number of nitrogens with zero attached hydrogens (tertiary/aromatic N) is 2. The van der Waals surface area contributed by atoms with Gasteiger partial charge < -0.3 is 4.57 Å². The molecule has 0 radical (unpaired) electrons. The maximum Gasteiger partial charge on any atom is 0.147 e. The molecule has 10 heavy (non-hydrogen) atoms. The van der Waals surface area contributed by atoms with E-state index in [1.54, 1.807) is 0 Å². The highest BCUT2D eigenvalue weighted by Gasteiger charge is 2.20. The second-order valence-electron chi connectivity index (χ2n) is 1.99. The summed E-state index contributed by atoms with van der Waals surface area (Å²) in [6, 6.07) is 0. The van der Waals surface area contributed by atoms with E-state index in [1.165, 1.54) is 0 Å². The molecule has 0 saturated carbocycles. The Labute approximate surface area is 87.7 Å². The molecule has 0 saturated heterocycles. The quantitative estimate of drug-likeness (QED) is 0.585. The molecule has 0 bridgehead atoms. The molecule has 0 unspecified atom stereocenters. The number of halogens is 2. The van der Waals surface area contributed by atoms with Gasteiger partial charge in [-0.25, -0.2) is 4.98 Å². The summed E-state index contributed by atoms with van der Waals surface area (Å²) in [5.74, 6) is 0. The van der Waals surface area contributed by atoms with Crippen molar-refractivity contribution in [3.05, 3.63) is 18.7 Å². The lowest BCUT2D eigenvalue weighted by atomic mass is 10.5. The number of alkyl halides is 2. The Morgan fingerprint density at radius 2 is 2.30 bits per heavy atom. The van der Waals surface area contributed by atoms with Gasteiger partial charge in [0.2, 0.25) is 0 Å². The Bertz CT molecular complexity index is 194. The van der Waals surface area contributed by atoms with Gasteiger partial charge in [0.05, 0.1) is 6.33 Å². The van der Waals surface area contributed by atoms with E-state index >= 15 is 0 Å². The van der Waals surface area contributed by atoms with Crippen molar-refractivity contribution in [3.8, 4) is 0 Å². The molecule has 2 nitrogen and oxygen atoms in total. The highest BCUT2D eigenvalue weighted by molar-refractivity contribution is 14.2. The van der Waals surface area contributed by atoms with Gasteiger partial charge in [0.15, 0.2) is 0 Å². The molecule has 1 heterocycles. The van der Waals surface area contributed by atoms with Gasteiger partial charge in [-0.05, 0) is 51.6 Å². The predicted molar refractivity (Wildman–Crippen MR) is 58.5 cm³/mol. The number of imidazole rings is 1. The molecule has 0 N–H and O–H groups in total. The molecule has 1 rings (SSSR count). The number of aromatic nitrogens is 2. The van der Waals surface area contributed by atoms with Gasteiger partial charge in [-0.2, -0.15) is 0 Å². The summed E-state index contributed by atoms with van der Waals surface area (Å²) < 4.78 is 2.26. The molecule has 0 atom stereocenters. The Hall–Kier alpha value is 0.670. The largest absolute Gasteiger partial charge is 0.314 e. The highest BCUT2D eigenvalue weighted by Crippen LogP contribution is 2.36. The summed E-state index contributed by atoms with van der Waals surface area (Å²) in [7, 11) is 0. The standard InChI is InChI=1S/C6H8I2N2/c1-2-6(7,8)10-4-3-9-5-10/h3-5H,2H2,1H3. The van der Waals surface area contributed by atoms with E-state index in [0.29, 0.717) is 0 Å². The monoisotopic (exact) mass is 362 g/mol. The van der Waals surface area contributed by atoms with E-state index in [2.05, 4.69) is 61.7 Å². The first kappa shape index (κ1) is 8.76. The number of rotatable bonds is 2. The summed E-state index contributed by atoms with van der Waals surface area (Å²) in [6.07, 6.45) is 6.75. The van der Waals surface area contributed by atoms with Gasteiger partial charge in [-0.3, -0.25) is 0 Å². The maximum absolute atomic E-state index is 3.99. The van der Waals surface area contributed by atoms with Gasteiger partial charge in [0.1, 0.15) is 1.55 Å². The van der Waals surface area contributed by atoms with E-state index in [-0.39, 0.29) is 1.55 Å². The number of hydrogen-bond donors (Lipinski definition) is 0. The lowest BCUT2D eigenvalue weighted by Gasteiger charge is -2.19. The zero-order valence-electron chi connectivity index (χ0n) is 5.59. The molecule has 56 valence electrons. The number of hydrogen-bond acceptors (Lipinski definition) is 1. The van der Waals surface area contributed by atoms with Crippen LogP contribution >= 0.6 is 45.2 Å². The molecule has 1 aromatic rings. The summed E-state index contributed by atoms with van der Waals surface area (Å²) >= 11 is 4.82. The van der Waals surface area contributed by atoms with Crippen LogP contribution in [0.4, 0.5) is 0 Å². The van der Waals surface area contributed by atoms with Crippen molar-refractivity contribution in [1.29, 1.82) is 0 Å². The zero-order chi connectivity index (χ0) is 7.61. The fourth-order valence-corrected chi connectivity index (χ4v) is 1.21. The van der Waals surface area contributed by atoms with Crippen molar-refractivity contribution in [1.82, 2.24) is 9.55 Å². The van der Waals surface area contributed by atoms with Crippen molar-refractivity contribution in [2.24, 2.45) is 0 Å². The molecule has 4 heteroatoms. The van der Waals surface area contributed by atoms with Gasteiger partial charge in [0.25, 0.3) is 0 Å². The zero-order valence-corrected chi connectivity index (χ0v) is 9.90. The van der Waals surface area contributed by atoms with Crippen LogP contribution in [0.15, 0.2) is 18.7 Å². The SMILES string of the molecule is CCC(I)(I)n1ccnc1. The van der Waals surface area contributed by atoms with Crippen LogP contribution in [0.5, 0.6) is 0 Å². The van der Waals surface area contributed by atoms with Crippen LogP contribution in [0.1, 0.15) is 13.3 Å². The smallest absolute Gasteiger partial charge is 0.147 e. The van der Waals surface area contributed by atoms with Crippen molar-refractivity contribution >= 4 is 45.2 Å². The van der Waals surface area contributed by atoms with Crippen molar-refractivity contribution < 1.29 is 0 Å². The Kier molecular flexibility index (Phi) is 2.96. The molecule has 0 aromatic carbocycles. The molecular formula is C6H8I2N2. The van der Waals surface area contributed by atoms with Crippen LogP contribution in [0, 0.1) is 0 Å². The minimum absolute atomic E-state index is 0.159. The summed E-state index contributed by atoms with van der Waals surface area (Å²) in [6.45, 7) is 2.17. The van der Waals surface area contributed by atoms with Gasteiger partial charge in [0, 0.05) is 12.4 Å². The lowest BCUT2D eigenvalue weighted by Crippen LogP contribution is -2.14. The first-order chi connectivity index (χ1) is 4.67. The maximum atomic E-state index is 3.99. The molecule has 1 aromatic heterocycles. The van der Waals surface area contributed by atoms with Crippen LogP contribution in [0.3, 0.4) is 0 Å². The van der Waals surface area contributed by atoms with E-state index in [4.69, 9.17) is 0 Å². The van der Waals surface area contributed by atoms with E-state index in [1.807, 2.05) is 18.7 Å². The van der Waals surface area contributed by atoms with Crippen molar-refractivity contribution in [2.45, 2.75) is 14.9 Å². The van der Waals surface area contributed by atoms with Crippen LogP contribution in [-0.4, -0.2) is 9.55 Å². The van der Waals surface area contributed by atoms with Crippen LogP contribution in [-0.2, 0) is 1.55 Å². The third kappa shape index (κ3) is 1.84. The summed E-state index contributed by atoms with van der Waals surface area (Å²) in [4.78, 5) is 3.99. The fourth-order valence-electron chi connectivity index (χ4n) is 0.635. The van der Waals surface area contributed by atoms with Gasteiger partial charge in [-0.15, -0.1) is 0 Å². The second kappa shape index (κ2) is 3.38. The normalized spacial score (nSPS) is 11.9. The summed E-state index contributed by atoms with van der Waals surface area (Å²) in [5, 5.41) is 0. The van der Waals surface area contributed by atoms with Crippen molar-refractivity contribution in [2.75, 3.05) is 0 Å². The molecular weight excluding hydrogens is 354 g/mol. The van der Waals surface area contributed by atoms with Crippen LogP contribution in [0.2, 0.25) is 0 Å². The molecule has 0 amide bonds. The average molecular weight is 362 g/mol. The highest BCUT2D eigenvalue weighted by atomic mass is 127. The van der Waals surface area contributed by atoms with Gasteiger partial charge >= 0.3 is 0 Å². The Morgan fingerprint density at radius 3 is 2.70 bits per heavy atom. The average Bonchev–Trinajstić information content (AvgIpc) is 2.38. The fraction of sp³-hybridized carbons (Fsp3) is 0.500. The Balaban J connectivity index is 2.85. The molecule has 0 aliphatic carbocycles. The minimum atomic E-state index is 0.159. The lowest BCUT2D eigenvalue weighted by molar-refractivity contribution is 0.658. The minimum Gasteiger partial charge on any atom is -0.314 e. The molecule has 0 aliphatic rings. The van der Waals surface area contributed by atoms with E-state index in [0.717, 1.165) is 6.42 Å². The van der Waals surface area contributed by atoms with E-state index < -0.39 is 0 Å². The molecule has 0 fully saturated rings. The molecule has 0 spiro atoms. The van der Waals surface area contributed by atoms with Crippen LogP contribution in [0.25, 0.3) is 0 Å². The summed E-state index contributed by atoms with van der Waals surface area (Å²) in [5.41, 5.74) is 0. The predicted octanol–water partition coefficient (Wildman–Crippen LogP) is 2.77. The first-order valence-electron chi connectivity index (χ1n) is 3.03. The third-order valence-corrected chi connectivity index (χ3v) is 3.95. The second-order valence-corrected chi connectivity index (χ2v) is 7.62. The third-order valence-electron chi connectivity index (χ3n) is 1.31. The van der Waals surface area contributed by atoms with Crippen molar-refractivity contribution in [3.63, 3.8) is 0 Å². The van der Waals surface area contributed by atoms with Crippen LogP contribution < -0.4 is 0 Å². The molecule has 0 aliphatic heterocycles. The van der Waals surface area contributed by atoms with E-state index in [9.17, 15) is 0 Å².